The standard InChI is InChI=1S/C26H28F3N5O2/c1-16-4-3-9-32-23(16)25(36)34-14-20(21(15-34)24(35)31-2)17-7-10-33(11-8-17)19-6-5-18(13-30)22(12-19)26(27,28)29/h3-6,9,12,17,20-21H,7-8,10-11,14-15H2,1-2H3,(H,31,35)/t20-,21+/m0/s1. The van der Waals surface area contributed by atoms with Crippen molar-refractivity contribution in [2.45, 2.75) is 25.9 Å². The lowest BCUT2D eigenvalue weighted by molar-refractivity contribution is -0.137. The number of carbonyl (C=O) groups is 2. The van der Waals surface area contributed by atoms with Crippen LogP contribution >= 0.6 is 0 Å². The number of anilines is 1. The summed E-state index contributed by atoms with van der Waals surface area (Å²) < 4.78 is 40.2. The van der Waals surface area contributed by atoms with Crippen LogP contribution in [0.3, 0.4) is 0 Å². The van der Waals surface area contributed by atoms with Crippen molar-refractivity contribution in [3.05, 3.63) is 58.9 Å². The van der Waals surface area contributed by atoms with Crippen LogP contribution in [0.5, 0.6) is 0 Å². The van der Waals surface area contributed by atoms with Gasteiger partial charge in [-0.05, 0) is 61.4 Å². The monoisotopic (exact) mass is 499 g/mol. The molecule has 0 aliphatic carbocycles. The fourth-order valence-electron chi connectivity index (χ4n) is 5.44. The smallest absolute Gasteiger partial charge is 0.372 e. The van der Waals surface area contributed by atoms with Gasteiger partial charge >= 0.3 is 6.18 Å². The van der Waals surface area contributed by atoms with Crippen LogP contribution in [0.15, 0.2) is 36.5 Å². The minimum Gasteiger partial charge on any atom is -0.372 e. The molecule has 190 valence electrons. The summed E-state index contributed by atoms with van der Waals surface area (Å²) in [6.07, 6.45) is -1.66. The first kappa shape index (κ1) is 25.5. The second-order valence-electron chi connectivity index (χ2n) is 9.43. The number of amides is 2. The lowest BCUT2D eigenvalue weighted by atomic mass is 9.78. The topological polar surface area (TPSA) is 89.3 Å². The molecular formula is C26H28F3N5O2. The zero-order valence-corrected chi connectivity index (χ0v) is 20.2. The quantitative estimate of drug-likeness (QED) is 0.694. The van der Waals surface area contributed by atoms with Gasteiger partial charge in [0.15, 0.2) is 0 Å². The minimum absolute atomic E-state index is 0.0493. The highest BCUT2D eigenvalue weighted by Gasteiger charge is 2.44. The number of alkyl halides is 3. The fourth-order valence-corrected chi connectivity index (χ4v) is 5.44. The molecule has 10 heteroatoms. The highest BCUT2D eigenvalue weighted by molar-refractivity contribution is 5.94. The number of hydrogen-bond donors (Lipinski definition) is 1. The van der Waals surface area contributed by atoms with E-state index in [-0.39, 0.29) is 29.6 Å². The molecule has 2 aliphatic heterocycles. The predicted molar refractivity (Wildman–Crippen MR) is 127 cm³/mol. The van der Waals surface area contributed by atoms with E-state index in [9.17, 15) is 22.8 Å². The number of carbonyl (C=O) groups excluding carboxylic acids is 2. The zero-order valence-electron chi connectivity index (χ0n) is 20.2. The van der Waals surface area contributed by atoms with Crippen molar-refractivity contribution in [3.63, 3.8) is 0 Å². The molecule has 2 saturated heterocycles. The first-order valence-electron chi connectivity index (χ1n) is 11.9. The Kier molecular flexibility index (Phi) is 7.20. The Morgan fingerprint density at radius 2 is 1.89 bits per heavy atom. The third kappa shape index (κ3) is 5.01. The number of pyridine rings is 1. The van der Waals surface area contributed by atoms with Gasteiger partial charge in [-0.15, -0.1) is 0 Å². The SMILES string of the molecule is CNC(=O)[C@@H]1CN(C(=O)c2ncccc2C)C[C@H]1C1CCN(c2ccc(C#N)c(C(F)(F)F)c2)CC1. The van der Waals surface area contributed by atoms with Gasteiger partial charge in [-0.3, -0.25) is 14.6 Å². The molecule has 1 aromatic carbocycles. The Hall–Kier alpha value is -3.61. The zero-order chi connectivity index (χ0) is 26.0. The molecule has 0 bridgehead atoms. The van der Waals surface area contributed by atoms with Crippen molar-refractivity contribution in [1.29, 1.82) is 5.26 Å². The number of halogens is 3. The van der Waals surface area contributed by atoms with Gasteiger partial charge in [0.2, 0.25) is 5.91 Å². The molecule has 36 heavy (non-hydrogen) atoms. The van der Waals surface area contributed by atoms with Gasteiger partial charge in [-0.2, -0.15) is 18.4 Å². The molecule has 2 aliphatic rings. The number of rotatable bonds is 4. The normalized spacial score (nSPS) is 20.8. The van der Waals surface area contributed by atoms with Crippen molar-refractivity contribution >= 4 is 17.5 Å². The third-order valence-electron chi connectivity index (χ3n) is 7.39. The molecule has 0 unspecified atom stereocenters. The van der Waals surface area contributed by atoms with E-state index in [0.29, 0.717) is 50.4 Å². The molecule has 2 fully saturated rings. The van der Waals surface area contributed by atoms with E-state index in [0.717, 1.165) is 11.6 Å². The Labute approximate surface area is 207 Å². The van der Waals surface area contributed by atoms with Crippen molar-refractivity contribution < 1.29 is 22.8 Å². The lowest BCUT2D eigenvalue weighted by Gasteiger charge is -2.37. The number of aromatic nitrogens is 1. The number of benzene rings is 1. The van der Waals surface area contributed by atoms with Gasteiger partial charge in [0, 0.05) is 45.1 Å². The number of piperidine rings is 1. The summed E-state index contributed by atoms with van der Waals surface area (Å²) in [7, 11) is 1.58. The van der Waals surface area contributed by atoms with Gasteiger partial charge < -0.3 is 15.1 Å². The van der Waals surface area contributed by atoms with E-state index < -0.39 is 17.3 Å². The molecule has 0 radical (unpaired) electrons. The molecule has 4 rings (SSSR count). The first-order valence-corrected chi connectivity index (χ1v) is 11.9. The van der Waals surface area contributed by atoms with Crippen molar-refractivity contribution in [2.75, 3.05) is 38.1 Å². The molecular weight excluding hydrogens is 471 g/mol. The number of aryl methyl sites for hydroxylation is 1. The Balaban J connectivity index is 1.48. The maximum Gasteiger partial charge on any atom is 0.417 e. The summed E-state index contributed by atoms with van der Waals surface area (Å²) in [6, 6.07) is 9.01. The molecule has 2 amide bonds. The summed E-state index contributed by atoms with van der Waals surface area (Å²) in [4.78, 5) is 33.7. The second-order valence-corrected chi connectivity index (χ2v) is 9.43. The van der Waals surface area contributed by atoms with Gasteiger partial charge in [0.1, 0.15) is 5.69 Å². The predicted octanol–water partition coefficient (Wildman–Crippen LogP) is 3.63. The van der Waals surface area contributed by atoms with Crippen LogP contribution in [-0.4, -0.2) is 54.9 Å². The molecule has 3 heterocycles. The average Bonchev–Trinajstić information content (AvgIpc) is 3.33. The average molecular weight is 500 g/mol. The molecule has 0 saturated carbocycles. The third-order valence-corrected chi connectivity index (χ3v) is 7.39. The van der Waals surface area contributed by atoms with Gasteiger partial charge in [-0.1, -0.05) is 6.07 Å². The lowest BCUT2D eigenvalue weighted by Crippen LogP contribution is -2.41. The Morgan fingerprint density at radius 3 is 2.50 bits per heavy atom. The van der Waals surface area contributed by atoms with E-state index >= 15 is 0 Å². The van der Waals surface area contributed by atoms with E-state index in [1.165, 1.54) is 6.07 Å². The molecule has 2 aromatic rings. The summed E-state index contributed by atoms with van der Waals surface area (Å²) in [5.74, 6) is -0.568. The highest BCUT2D eigenvalue weighted by Crippen LogP contribution is 2.39. The van der Waals surface area contributed by atoms with E-state index in [1.807, 2.05) is 17.9 Å². The van der Waals surface area contributed by atoms with Crippen LogP contribution in [0.4, 0.5) is 18.9 Å². The molecule has 1 N–H and O–H groups in total. The molecule has 7 nitrogen and oxygen atoms in total. The first-order chi connectivity index (χ1) is 17.1. The van der Waals surface area contributed by atoms with Gasteiger partial charge in [-0.25, -0.2) is 0 Å². The number of nitrogens with zero attached hydrogens (tertiary/aromatic N) is 4. The van der Waals surface area contributed by atoms with Crippen LogP contribution in [0.25, 0.3) is 0 Å². The number of nitrogens with one attached hydrogen (secondary N) is 1. The highest BCUT2D eigenvalue weighted by atomic mass is 19.4. The Morgan fingerprint density at radius 1 is 1.17 bits per heavy atom. The van der Waals surface area contributed by atoms with E-state index in [2.05, 4.69) is 10.3 Å². The molecule has 1 aromatic heterocycles. The summed E-state index contributed by atoms with van der Waals surface area (Å²) >= 11 is 0. The molecule has 0 spiro atoms. The maximum absolute atomic E-state index is 13.4. The second kappa shape index (κ2) is 10.2. The summed E-state index contributed by atoms with van der Waals surface area (Å²) in [6.45, 7) is 3.63. The molecule has 2 atom stereocenters. The minimum atomic E-state index is -4.61. The van der Waals surface area contributed by atoms with Crippen LogP contribution in [0.2, 0.25) is 0 Å². The van der Waals surface area contributed by atoms with Crippen LogP contribution in [0.1, 0.15) is 40.0 Å². The van der Waals surface area contributed by atoms with Gasteiger partial charge in [0.25, 0.3) is 5.91 Å². The largest absolute Gasteiger partial charge is 0.417 e. The summed E-state index contributed by atoms with van der Waals surface area (Å²) in [5, 5.41) is 11.8. The van der Waals surface area contributed by atoms with Crippen molar-refractivity contribution in [2.24, 2.45) is 17.8 Å². The number of hydrogen-bond acceptors (Lipinski definition) is 5. The van der Waals surface area contributed by atoms with Gasteiger partial charge in [0.05, 0.1) is 23.1 Å². The number of likely N-dealkylation sites (tertiary alicyclic amines) is 1. The van der Waals surface area contributed by atoms with Crippen molar-refractivity contribution in [1.82, 2.24) is 15.2 Å². The number of nitriles is 1. The van der Waals surface area contributed by atoms with Crippen LogP contribution in [0, 0.1) is 36.0 Å². The van der Waals surface area contributed by atoms with E-state index in [1.54, 1.807) is 36.3 Å². The van der Waals surface area contributed by atoms with Crippen LogP contribution < -0.4 is 10.2 Å². The fraction of sp³-hybridized carbons (Fsp3) is 0.462. The van der Waals surface area contributed by atoms with Crippen molar-refractivity contribution in [3.8, 4) is 6.07 Å². The summed E-state index contributed by atoms with van der Waals surface area (Å²) in [5.41, 5.74) is 0.255. The maximum atomic E-state index is 13.4. The van der Waals surface area contributed by atoms with E-state index in [4.69, 9.17) is 5.26 Å². The van der Waals surface area contributed by atoms with Crippen LogP contribution in [-0.2, 0) is 11.0 Å². The Bertz CT molecular complexity index is 1180.